The molecule has 150 heavy (non-hydrogen) atoms. The first-order chi connectivity index (χ1) is 69.9. The molecular weight excluding hydrogens is 2110 g/mol. The summed E-state index contributed by atoms with van der Waals surface area (Å²) >= 11 is 24.8. The number of aryl methyl sites for hydroxylation is 6. The van der Waals surface area contributed by atoms with E-state index >= 15 is 0 Å². The number of nitrogens with zero attached hydrogens (tertiary/aromatic N) is 13. The molecule has 0 radical (unpaired) electrons. The van der Waals surface area contributed by atoms with Crippen LogP contribution in [0.3, 0.4) is 0 Å². The Kier molecular flexibility index (Phi) is 60.4. The van der Waals surface area contributed by atoms with Gasteiger partial charge in [0.1, 0.15) is 19.3 Å². The monoisotopic (exact) mass is 2230 g/mol. The average molecular weight is 2230 g/mol. The fourth-order valence-corrected chi connectivity index (χ4v) is 12.8. The summed E-state index contributed by atoms with van der Waals surface area (Å²) in [5, 5.41) is 16.2. The number of carboxylic acid groups (broad SMARTS) is 1. The van der Waals surface area contributed by atoms with E-state index in [4.69, 9.17) is 48.6 Å². The Balaban J connectivity index is 0.000000562. The van der Waals surface area contributed by atoms with Crippen LogP contribution in [0.1, 0.15) is 103 Å². The molecule has 49 heteroatoms. The van der Waals surface area contributed by atoms with E-state index in [1.165, 1.54) is 36.9 Å². The van der Waals surface area contributed by atoms with Crippen LogP contribution in [0.5, 0.6) is 0 Å². The van der Waals surface area contributed by atoms with E-state index in [9.17, 15) is 76.1 Å². The van der Waals surface area contributed by atoms with Crippen molar-refractivity contribution in [3.63, 3.8) is 0 Å². The smallest absolute Gasteiger partial charge is 0.870 e. The van der Waals surface area contributed by atoms with Crippen LogP contribution >= 0.6 is 77.1 Å². The second kappa shape index (κ2) is 68.3. The second-order valence-corrected chi connectivity index (χ2v) is 42.5. The third-order valence-electron chi connectivity index (χ3n) is 20.1. The van der Waals surface area contributed by atoms with E-state index in [0.717, 1.165) is 91.4 Å². The molecule has 14 aromatic rings. The molecule has 1 unspecified atom stereocenters. The number of carbonyl (C=O) groups excluding carboxylic acids is 9. The van der Waals surface area contributed by atoms with Crippen LogP contribution in [0.25, 0.3) is 38.9 Å². The van der Waals surface area contributed by atoms with Gasteiger partial charge in [-0.2, -0.15) is 0 Å². The van der Waals surface area contributed by atoms with Crippen molar-refractivity contribution in [1.29, 1.82) is 0 Å². The van der Waals surface area contributed by atoms with Gasteiger partial charge in [0.25, 0.3) is 11.1 Å². The quantitative estimate of drug-likeness (QED) is 0.0130. The predicted molar refractivity (Wildman–Crippen MR) is 583 cm³/mol. The fourth-order valence-electron chi connectivity index (χ4n) is 12.5. The number of anilines is 7. The first kappa shape index (κ1) is 133. The number of halogens is 5. The van der Waals surface area contributed by atoms with E-state index in [1.54, 1.807) is 152 Å². The number of nitrogens with one attached hydrogen (secondary N) is 4. The number of amides is 4. The number of hydrogen-bond acceptors (Lipinski definition) is 27. The van der Waals surface area contributed by atoms with Gasteiger partial charge in [-0.25, -0.2) is 24.5 Å². The van der Waals surface area contributed by atoms with Crippen molar-refractivity contribution >= 4 is 197 Å². The summed E-state index contributed by atoms with van der Waals surface area (Å²) in [7, 11) is 5.59. The van der Waals surface area contributed by atoms with E-state index in [1.807, 2.05) is 202 Å². The van der Waals surface area contributed by atoms with Gasteiger partial charge >= 0.3 is 67.7 Å². The number of aliphatic carboxylic acids is 1. The van der Waals surface area contributed by atoms with Crippen LogP contribution in [0.2, 0.25) is 5.02 Å². The van der Waals surface area contributed by atoms with Gasteiger partial charge in [0.2, 0.25) is 28.9 Å². The number of fused-ring (bicyclic) bond motifs is 4. The van der Waals surface area contributed by atoms with Crippen molar-refractivity contribution in [2.24, 2.45) is 19.8 Å². The summed E-state index contributed by atoms with van der Waals surface area (Å²) in [4.78, 5) is 184. The van der Waals surface area contributed by atoms with Crippen molar-refractivity contribution in [2.75, 3.05) is 104 Å². The molecule has 40 nitrogen and oxygen atoms in total. The van der Waals surface area contributed by atoms with Crippen LogP contribution in [-0.4, -0.2) is 195 Å². The summed E-state index contributed by atoms with van der Waals surface area (Å²) in [5.74, 6) is -3.37. The normalized spacial score (nSPS) is 11.1. The molecule has 2 aliphatic rings. The molecule has 796 valence electrons. The third-order valence-corrected chi connectivity index (χ3v) is 22.3. The molecule has 2 aliphatic heterocycles. The van der Waals surface area contributed by atoms with Crippen molar-refractivity contribution < 1.29 is 126 Å². The minimum Gasteiger partial charge on any atom is -0.870 e. The van der Waals surface area contributed by atoms with Gasteiger partial charge in [0, 0.05) is 192 Å². The topological polar surface area (TPSA) is 555 Å². The van der Waals surface area contributed by atoms with E-state index in [-0.39, 0.29) is 108 Å². The number of Topliss-reactive ketones (excluding diaryl/α,β-unsaturated/α-hetero) is 2. The maximum Gasteiger partial charge on any atom is 1.00 e. The molecule has 8 heterocycles. The number of pyridine rings is 2. The number of benzene rings is 8. The molecule has 0 saturated heterocycles. The van der Waals surface area contributed by atoms with Crippen LogP contribution in [0.4, 0.5) is 39.8 Å². The molecule has 0 spiro atoms. The van der Waals surface area contributed by atoms with E-state index < -0.39 is 55.7 Å². The average Bonchev–Trinajstić information content (AvgIpc) is 1.22. The van der Waals surface area contributed by atoms with Crippen LogP contribution in [0.15, 0.2) is 273 Å². The first-order valence-electron chi connectivity index (χ1n) is 44.8. The standard InChI is InChI=1S/C15H16N4O.C13H10ClN3O.C13H11N3O2.C13H17NO3.C11H13NO3.C11H11NO2.C8H11N.C7H9N.C5H7ClO3.C3H4N2.C2H7N.Cl3OP.Na.H2O5P2.H2O/c1-3-17-13-9-15(20)18(2)14-5-4-11(8-12(13)14)19-7-6-16-10-19;1-16-12-3-2-9(17-5-4-15-8-17)6-10(12)11(14)7-13(16)18;1-15-11-3-2-9(16-5-4-14-8-16)6-10(11)12(17)7-13(15)18;1-4-17-13(16)9-12(15)14(3)11-7-5-10(2)6-8-11;1-8-3-5-9(6-4-8)12(2)10(13)7-11(14)15;1-7-3-4-9-8(5-7)10(13)6-11(14)12(9)2;1-7-3-5-8(9-2)6-4-7;1-8-7-5-3-2-4-6-7;1-2-9-5(8)3-4(6)7;1-2-5-3-4-1;1-2-3;1-5(2,3)4;;1-6(2)7(3,4)5;/h4-10,17H,3H2,1-2H3;2-8H,1H3;2-6,8H,7H2,1H3;5-8H,4,9H2,1-3H3;3-6H,7H2,1-2H3,(H,14,15);3-5H,6H2,1-2H3;3-6,9H,1-2H3;2-6,8H,1H3;2-3H2,1H3;1-3H,(H,4,5);2-3H2,1H3;;;(H2,3,4,5);1H2/q;;;;;;;;;;;;+1;;/p-1. The minimum atomic E-state index is -4.78. The van der Waals surface area contributed by atoms with Gasteiger partial charge in [0.05, 0.1) is 78.8 Å². The SMILES string of the molecule is CCN.CCNc1cc(=O)n(C)c2ccc(-n3ccnc3)cc12.CCOC(=O)CC(=O)Cl.CCOC(=O)CC(=O)N(C)c1ccc(C)cc1.CN1C(=O)CC(=O)c2cc(-n3ccnc3)ccc21.CNc1ccc(C)cc1.CNc1ccccc1.Cc1ccc(N(C)C(=O)CC(=O)O)cc1.Cc1ccc2c(c1)C(=O)CC(=O)N2C.Cn1c(=O)cc(Cl)c2cc(-n3ccnc3)ccc21.O=P(Cl)(Cl)Cl.O=[P+]([O-])P(=O)(O)O.[Na+].[OH-].c1c[nH]cn1. The number of nitrogens with two attached hydrogens (primary N) is 1. The zero-order valence-corrected chi connectivity index (χ0v) is 93.9. The summed E-state index contributed by atoms with van der Waals surface area (Å²) in [6, 6.07) is 59.1. The number of esters is 2. The molecule has 1 atom stereocenters. The molecule has 16 rings (SSSR count). The number of carbonyl (C=O) groups is 10. The van der Waals surface area contributed by atoms with Crippen molar-refractivity contribution in [3.05, 3.63) is 322 Å². The minimum absolute atomic E-state index is 0. The van der Waals surface area contributed by atoms with Crippen molar-refractivity contribution in [1.82, 2.24) is 47.8 Å². The van der Waals surface area contributed by atoms with Crippen molar-refractivity contribution in [3.8, 4) is 17.1 Å². The number of hydrogen-bond donors (Lipinski definition) is 8. The Morgan fingerprint density at radius 2 is 0.900 bits per heavy atom. The van der Waals surface area contributed by atoms with Crippen LogP contribution < -0.4 is 86.9 Å². The Labute approximate surface area is 914 Å². The first-order valence-corrected chi connectivity index (χ1v) is 53.5. The third kappa shape index (κ3) is 47.2. The molecule has 10 N–H and O–H groups in total. The number of aromatic amines is 1. The molecule has 4 amide bonds. The Morgan fingerprint density at radius 3 is 1.27 bits per heavy atom. The van der Waals surface area contributed by atoms with Crippen molar-refractivity contribution in [2.45, 2.75) is 87.5 Å². The Hall–Kier alpha value is -13.5. The number of ether oxygens (including phenoxy) is 2. The zero-order chi connectivity index (χ0) is 111. The molecule has 0 aliphatic carbocycles. The summed E-state index contributed by atoms with van der Waals surface area (Å²) in [6.07, 6.45) is 19.8. The number of para-hydroxylation sites is 1. The fraction of sp³-hybridized carbons (Fsp3) is 0.248. The van der Waals surface area contributed by atoms with Gasteiger partial charge in [-0.1, -0.05) is 106 Å². The largest absolute Gasteiger partial charge is 1.00 e. The van der Waals surface area contributed by atoms with Gasteiger partial charge in [-0.3, -0.25) is 71.9 Å². The maximum absolute atomic E-state index is 11.9. The summed E-state index contributed by atoms with van der Waals surface area (Å²) in [6.45, 7) is 17.3. The Bertz CT molecular complexity index is 6890. The van der Waals surface area contributed by atoms with Crippen LogP contribution in [-0.2, 0) is 75.6 Å². The molecule has 0 bridgehead atoms. The molecule has 0 saturated carbocycles. The van der Waals surface area contributed by atoms with E-state index in [0.29, 0.717) is 34.1 Å². The Morgan fingerprint density at radius 1 is 0.527 bits per heavy atom. The van der Waals surface area contributed by atoms with Crippen LogP contribution in [0, 0.1) is 27.7 Å². The van der Waals surface area contributed by atoms with Gasteiger partial charge in [0.15, 0.2) is 11.6 Å². The summed E-state index contributed by atoms with van der Waals surface area (Å²) in [5.41, 5.74) is 21.2. The van der Waals surface area contributed by atoms with Gasteiger partial charge < -0.3 is 94.1 Å². The molecule has 8 aromatic carbocycles. The molecule has 6 aromatic heterocycles. The van der Waals surface area contributed by atoms with E-state index in [2.05, 4.69) is 117 Å². The second-order valence-electron chi connectivity index (χ2n) is 31.0. The maximum atomic E-state index is 11.9. The summed E-state index contributed by atoms with van der Waals surface area (Å²) < 4.78 is 46.3. The number of rotatable bonds is 18. The van der Waals surface area contributed by atoms with Gasteiger partial charge in [-0.05, 0) is 216 Å². The number of aromatic nitrogens is 10. The zero-order valence-electron chi connectivity index (χ0n) is 85.4. The number of H-pyrrole nitrogens is 1. The number of ketones is 2. The molecule has 0 fully saturated rings. The number of carboxylic acids is 1. The van der Waals surface area contributed by atoms with Gasteiger partial charge in [-0.15, -0.1) is 0 Å². The predicted octanol–water partition coefficient (Wildman–Crippen LogP) is 14.5. The molecular formula is C101H119Cl5N18NaO22P3. The number of imidazole rings is 4.